The smallest absolute Gasteiger partial charge is 0.243 e. The van der Waals surface area contributed by atoms with E-state index < -0.39 is 32.2 Å². The second-order valence-electron chi connectivity index (χ2n) is 3.67. The Kier molecular flexibility index (Phi) is 3.49. The van der Waals surface area contributed by atoms with E-state index in [-0.39, 0.29) is 6.54 Å². The van der Waals surface area contributed by atoms with Crippen molar-refractivity contribution >= 4 is 15.7 Å². The predicted octanol–water partition coefficient (Wildman–Crippen LogP) is 0.749. The van der Waals surface area contributed by atoms with Crippen LogP contribution in [0.5, 0.6) is 0 Å². The highest BCUT2D eigenvalue weighted by molar-refractivity contribution is 7.89. The first-order chi connectivity index (χ1) is 8.92. The van der Waals surface area contributed by atoms with E-state index in [1.165, 1.54) is 12.5 Å². The number of nitrogens with two attached hydrogens (primary N) is 1. The number of nitrogens with zero attached hydrogens (tertiary/aromatic N) is 1. The molecule has 0 fully saturated rings. The Bertz CT molecular complexity index is 686. The average Bonchev–Trinajstić information content (AvgIpc) is 2.86. The summed E-state index contributed by atoms with van der Waals surface area (Å²) in [5, 5.41) is 0. The lowest BCUT2D eigenvalue weighted by atomic mass is 10.3. The van der Waals surface area contributed by atoms with Gasteiger partial charge in [-0.3, -0.25) is 0 Å². The van der Waals surface area contributed by atoms with Crippen LogP contribution >= 0.6 is 0 Å². The summed E-state index contributed by atoms with van der Waals surface area (Å²) in [6, 6.07) is 1.61. The summed E-state index contributed by atoms with van der Waals surface area (Å²) in [5.74, 6) is -2.32. The number of aromatic nitrogens is 2. The molecule has 0 amide bonds. The van der Waals surface area contributed by atoms with Crippen molar-refractivity contribution in [3.63, 3.8) is 0 Å². The van der Waals surface area contributed by atoms with Gasteiger partial charge in [-0.15, -0.1) is 0 Å². The van der Waals surface area contributed by atoms with E-state index in [0.29, 0.717) is 5.69 Å². The zero-order valence-corrected chi connectivity index (χ0v) is 10.3. The molecule has 2 rings (SSSR count). The Morgan fingerprint density at radius 1 is 1.37 bits per heavy atom. The fourth-order valence-electron chi connectivity index (χ4n) is 1.39. The quantitative estimate of drug-likeness (QED) is 0.722. The third-order valence-corrected chi connectivity index (χ3v) is 3.81. The molecule has 6 nitrogen and oxygen atoms in total. The number of sulfonamides is 1. The van der Waals surface area contributed by atoms with Crippen LogP contribution in [0.3, 0.4) is 0 Å². The third-order valence-electron chi connectivity index (χ3n) is 2.39. The van der Waals surface area contributed by atoms with Crippen molar-refractivity contribution in [3.8, 4) is 0 Å². The van der Waals surface area contributed by atoms with E-state index in [1.807, 2.05) is 0 Å². The van der Waals surface area contributed by atoms with Gasteiger partial charge in [-0.05, 0) is 12.1 Å². The Labute approximate surface area is 107 Å². The van der Waals surface area contributed by atoms with Crippen LogP contribution in [0.4, 0.5) is 14.5 Å². The first kappa shape index (κ1) is 13.4. The summed E-state index contributed by atoms with van der Waals surface area (Å²) in [4.78, 5) is 5.68. The van der Waals surface area contributed by atoms with Crippen LogP contribution in [0.2, 0.25) is 0 Å². The maximum absolute atomic E-state index is 13.6. The molecule has 19 heavy (non-hydrogen) atoms. The Balaban J connectivity index is 2.27. The van der Waals surface area contributed by atoms with Crippen molar-refractivity contribution in [2.75, 3.05) is 5.73 Å². The van der Waals surface area contributed by atoms with E-state index in [0.717, 1.165) is 12.1 Å². The van der Waals surface area contributed by atoms with Crippen LogP contribution in [-0.4, -0.2) is 18.4 Å². The molecule has 2 aromatic rings. The van der Waals surface area contributed by atoms with Crippen LogP contribution in [0.25, 0.3) is 0 Å². The van der Waals surface area contributed by atoms with Crippen molar-refractivity contribution in [3.05, 3.63) is 42.0 Å². The second kappa shape index (κ2) is 4.94. The zero-order valence-electron chi connectivity index (χ0n) is 9.52. The molecule has 0 unspecified atom stereocenters. The standard InChI is InChI=1S/C10H10F2N4O2S/c11-7-1-2-8(9(12)10(7)13)19(17,18)16-4-6-3-14-5-15-6/h1-3,5,16H,4,13H2,(H,14,15). The number of aromatic amines is 1. The molecule has 0 saturated heterocycles. The fraction of sp³-hybridized carbons (Fsp3) is 0.100. The Hall–Kier alpha value is -2.00. The van der Waals surface area contributed by atoms with Gasteiger partial charge >= 0.3 is 0 Å². The minimum absolute atomic E-state index is 0.0982. The van der Waals surface area contributed by atoms with Crippen molar-refractivity contribution in [1.82, 2.24) is 14.7 Å². The first-order valence-electron chi connectivity index (χ1n) is 5.12. The van der Waals surface area contributed by atoms with Gasteiger partial charge < -0.3 is 10.7 Å². The number of imidazole rings is 1. The van der Waals surface area contributed by atoms with Crippen LogP contribution < -0.4 is 10.5 Å². The largest absolute Gasteiger partial charge is 0.394 e. The topological polar surface area (TPSA) is 101 Å². The number of hydrogen-bond donors (Lipinski definition) is 3. The minimum atomic E-state index is -4.13. The SMILES string of the molecule is Nc1c(F)ccc(S(=O)(=O)NCc2cnc[nH]2)c1F. The van der Waals surface area contributed by atoms with Crippen LogP contribution in [0, 0.1) is 11.6 Å². The number of nitrogens with one attached hydrogen (secondary N) is 2. The molecule has 0 spiro atoms. The van der Waals surface area contributed by atoms with Crippen molar-refractivity contribution in [1.29, 1.82) is 0 Å². The number of benzene rings is 1. The van der Waals surface area contributed by atoms with Gasteiger partial charge in [-0.2, -0.15) is 0 Å². The van der Waals surface area contributed by atoms with Crippen LogP contribution in [0.15, 0.2) is 29.6 Å². The zero-order chi connectivity index (χ0) is 14.0. The molecule has 0 aliphatic rings. The number of nitrogen functional groups attached to an aromatic ring is 1. The lowest BCUT2D eigenvalue weighted by Crippen LogP contribution is -2.24. The summed E-state index contributed by atoms with van der Waals surface area (Å²) >= 11 is 0. The summed E-state index contributed by atoms with van der Waals surface area (Å²) < 4.78 is 52.4. The fourth-order valence-corrected chi connectivity index (χ4v) is 2.48. The summed E-state index contributed by atoms with van der Waals surface area (Å²) in [6.45, 7) is -0.0982. The molecule has 1 aromatic carbocycles. The summed E-state index contributed by atoms with van der Waals surface area (Å²) in [5.41, 5.74) is 4.78. The molecule has 1 aromatic heterocycles. The number of anilines is 1. The molecule has 102 valence electrons. The second-order valence-corrected chi connectivity index (χ2v) is 5.41. The van der Waals surface area contributed by atoms with Gasteiger partial charge in [0.25, 0.3) is 0 Å². The molecule has 0 aliphatic heterocycles. The van der Waals surface area contributed by atoms with E-state index in [4.69, 9.17) is 5.73 Å². The minimum Gasteiger partial charge on any atom is -0.394 e. The molecule has 0 radical (unpaired) electrons. The first-order valence-corrected chi connectivity index (χ1v) is 6.60. The normalized spacial score (nSPS) is 11.7. The maximum atomic E-state index is 13.6. The van der Waals surface area contributed by atoms with Crippen LogP contribution in [0.1, 0.15) is 5.69 Å². The Morgan fingerprint density at radius 2 is 2.11 bits per heavy atom. The molecular weight excluding hydrogens is 278 g/mol. The lowest BCUT2D eigenvalue weighted by Gasteiger charge is -2.08. The molecule has 0 aliphatic carbocycles. The van der Waals surface area contributed by atoms with Gasteiger partial charge in [0.05, 0.1) is 12.9 Å². The van der Waals surface area contributed by atoms with Crippen molar-refractivity contribution in [2.24, 2.45) is 0 Å². The highest BCUT2D eigenvalue weighted by Gasteiger charge is 2.22. The molecule has 4 N–H and O–H groups in total. The number of hydrogen-bond acceptors (Lipinski definition) is 4. The van der Waals surface area contributed by atoms with Gasteiger partial charge in [0.15, 0.2) is 5.82 Å². The predicted molar refractivity (Wildman–Crippen MR) is 63.4 cm³/mol. The van der Waals surface area contributed by atoms with Gasteiger partial charge in [-0.25, -0.2) is 26.9 Å². The molecule has 1 heterocycles. The third kappa shape index (κ3) is 2.71. The van der Waals surface area contributed by atoms with E-state index in [2.05, 4.69) is 14.7 Å². The van der Waals surface area contributed by atoms with Crippen LogP contribution in [-0.2, 0) is 16.6 Å². The summed E-state index contributed by atoms with van der Waals surface area (Å²) in [6.07, 6.45) is 2.79. The maximum Gasteiger partial charge on any atom is 0.243 e. The highest BCUT2D eigenvalue weighted by Crippen LogP contribution is 2.22. The van der Waals surface area contributed by atoms with Gasteiger partial charge in [0, 0.05) is 11.9 Å². The number of halogens is 2. The molecule has 0 saturated carbocycles. The van der Waals surface area contributed by atoms with Gasteiger partial charge in [0.1, 0.15) is 16.4 Å². The van der Waals surface area contributed by atoms with Crippen molar-refractivity contribution < 1.29 is 17.2 Å². The lowest BCUT2D eigenvalue weighted by molar-refractivity contribution is 0.547. The molecule has 0 atom stereocenters. The van der Waals surface area contributed by atoms with Crippen molar-refractivity contribution in [2.45, 2.75) is 11.4 Å². The summed E-state index contributed by atoms with van der Waals surface area (Å²) in [7, 11) is -4.13. The van der Waals surface area contributed by atoms with E-state index in [1.54, 1.807) is 0 Å². The highest BCUT2D eigenvalue weighted by atomic mass is 32.2. The molecule has 0 bridgehead atoms. The Morgan fingerprint density at radius 3 is 2.74 bits per heavy atom. The van der Waals surface area contributed by atoms with E-state index >= 15 is 0 Å². The number of rotatable bonds is 4. The van der Waals surface area contributed by atoms with E-state index in [9.17, 15) is 17.2 Å². The van der Waals surface area contributed by atoms with Gasteiger partial charge in [-0.1, -0.05) is 0 Å². The molecular formula is C10H10F2N4O2S. The monoisotopic (exact) mass is 288 g/mol. The number of H-pyrrole nitrogens is 1. The average molecular weight is 288 g/mol. The molecule has 9 heteroatoms. The van der Waals surface area contributed by atoms with Gasteiger partial charge in [0.2, 0.25) is 10.0 Å².